The van der Waals surface area contributed by atoms with Crippen molar-refractivity contribution in [3.05, 3.63) is 94.3 Å². The van der Waals surface area contributed by atoms with Crippen molar-refractivity contribution in [2.75, 3.05) is 11.5 Å². The molecule has 4 rings (SSSR count). The molecule has 3 aromatic rings. The molecule has 0 aromatic heterocycles. The molecule has 0 aliphatic carbocycles. The zero-order valence-electron chi connectivity index (χ0n) is 17.3. The van der Waals surface area contributed by atoms with Gasteiger partial charge in [-0.3, -0.25) is 9.59 Å². The first-order chi connectivity index (χ1) is 15.3. The van der Waals surface area contributed by atoms with Crippen LogP contribution in [0.25, 0.3) is 0 Å². The van der Waals surface area contributed by atoms with Gasteiger partial charge >= 0.3 is 0 Å². The molecule has 1 unspecified atom stereocenters. The van der Waals surface area contributed by atoms with Crippen molar-refractivity contribution in [3.8, 4) is 5.75 Å². The van der Waals surface area contributed by atoms with Gasteiger partial charge in [-0.05, 0) is 49.4 Å². The van der Waals surface area contributed by atoms with E-state index in [4.69, 9.17) is 16.3 Å². The molecular formula is C25H21ClFNO4. The van der Waals surface area contributed by atoms with Crippen LogP contribution in [0.4, 0.5) is 10.1 Å². The summed E-state index contributed by atoms with van der Waals surface area (Å²) in [6, 6.07) is 17.4. The maximum atomic E-state index is 14.4. The minimum absolute atomic E-state index is 0.138. The Morgan fingerprint density at radius 3 is 2.50 bits per heavy atom. The first-order valence-corrected chi connectivity index (χ1v) is 10.6. The number of Topliss-reactive ketones (excluding diaryl/α,β-unsaturated/α-hetero) is 1. The average Bonchev–Trinajstić information content (AvgIpc) is 2.98. The third-order valence-electron chi connectivity index (χ3n) is 5.52. The molecule has 1 aliphatic heterocycles. The Hall–Kier alpha value is -3.22. The fraction of sp³-hybridized carbons (Fsp3) is 0.200. The summed E-state index contributed by atoms with van der Waals surface area (Å²) in [5, 5.41) is 11.6. The monoisotopic (exact) mass is 453 g/mol. The first-order valence-electron chi connectivity index (χ1n) is 10.2. The van der Waals surface area contributed by atoms with Crippen LogP contribution < -0.4 is 9.64 Å². The van der Waals surface area contributed by atoms with Crippen molar-refractivity contribution >= 4 is 29.0 Å². The predicted molar refractivity (Wildman–Crippen MR) is 119 cm³/mol. The molecule has 3 aromatic carbocycles. The van der Waals surface area contributed by atoms with Crippen LogP contribution in [0.5, 0.6) is 5.75 Å². The van der Waals surface area contributed by atoms with Gasteiger partial charge in [0.15, 0.2) is 11.4 Å². The molecular weight excluding hydrogens is 433 g/mol. The second-order valence-corrected chi connectivity index (χ2v) is 7.93. The highest BCUT2D eigenvalue weighted by atomic mass is 35.5. The molecule has 32 heavy (non-hydrogen) atoms. The van der Waals surface area contributed by atoms with Gasteiger partial charge < -0.3 is 14.7 Å². The van der Waals surface area contributed by atoms with E-state index >= 15 is 0 Å². The number of aliphatic hydroxyl groups is 1. The molecule has 0 bridgehead atoms. The SMILES string of the molecule is CCOc1ccc(C(=O)CC2(O)C(=O)N(Cc3c(F)cccc3Cl)c3ccccc32)cc1. The number of carbonyl (C=O) groups excluding carboxylic acids is 2. The second kappa shape index (κ2) is 8.73. The fourth-order valence-electron chi connectivity index (χ4n) is 3.91. The third kappa shape index (κ3) is 3.87. The molecule has 0 fully saturated rings. The zero-order valence-corrected chi connectivity index (χ0v) is 18.1. The molecule has 1 aliphatic rings. The molecule has 0 spiro atoms. The smallest absolute Gasteiger partial charge is 0.264 e. The summed E-state index contributed by atoms with van der Waals surface area (Å²) >= 11 is 6.15. The summed E-state index contributed by atoms with van der Waals surface area (Å²) in [6.07, 6.45) is -0.446. The number of halogens is 2. The summed E-state index contributed by atoms with van der Waals surface area (Å²) in [6.45, 7) is 2.19. The molecule has 0 radical (unpaired) electrons. The minimum Gasteiger partial charge on any atom is -0.494 e. The number of ether oxygens (including phenoxy) is 1. The Labute approximate surface area is 190 Å². The lowest BCUT2D eigenvalue weighted by molar-refractivity contribution is -0.136. The van der Waals surface area contributed by atoms with Gasteiger partial charge in [0, 0.05) is 21.7 Å². The minimum atomic E-state index is -2.07. The molecule has 1 amide bonds. The van der Waals surface area contributed by atoms with Gasteiger partial charge in [-0.15, -0.1) is 0 Å². The first kappa shape index (κ1) is 22.0. The predicted octanol–water partition coefficient (Wildman–Crippen LogP) is 4.89. The highest BCUT2D eigenvalue weighted by molar-refractivity contribution is 6.31. The van der Waals surface area contributed by atoms with Crippen molar-refractivity contribution in [2.24, 2.45) is 0 Å². The van der Waals surface area contributed by atoms with E-state index in [-0.39, 0.29) is 17.1 Å². The van der Waals surface area contributed by atoms with Crippen molar-refractivity contribution in [1.29, 1.82) is 0 Å². The number of nitrogens with zero attached hydrogens (tertiary/aromatic N) is 1. The molecule has 1 N–H and O–H groups in total. The number of hydrogen-bond acceptors (Lipinski definition) is 4. The lowest BCUT2D eigenvalue weighted by Crippen LogP contribution is -2.41. The van der Waals surface area contributed by atoms with Crippen molar-refractivity contribution in [3.63, 3.8) is 0 Å². The second-order valence-electron chi connectivity index (χ2n) is 7.53. The van der Waals surface area contributed by atoms with E-state index in [0.717, 1.165) is 0 Å². The normalized spacial score (nSPS) is 17.4. The van der Waals surface area contributed by atoms with E-state index in [9.17, 15) is 19.1 Å². The maximum absolute atomic E-state index is 14.4. The van der Waals surface area contributed by atoms with Gasteiger partial charge in [0.05, 0.1) is 25.3 Å². The largest absolute Gasteiger partial charge is 0.494 e. The number of para-hydroxylation sites is 1. The third-order valence-corrected chi connectivity index (χ3v) is 5.88. The topological polar surface area (TPSA) is 66.8 Å². The average molecular weight is 454 g/mol. The van der Waals surface area contributed by atoms with Gasteiger partial charge in [-0.1, -0.05) is 35.9 Å². The van der Waals surface area contributed by atoms with Gasteiger partial charge in [-0.2, -0.15) is 0 Å². The van der Waals surface area contributed by atoms with E-state index < -0.39 is 29.5 Å². The van der Waals surface area contributed by atoms with Gasteiger partial charge in [0.2, 0.25) is 0 Å². The van der Waals surface area contributed by atoms with E-state index in [2.05, 4.69) is 0 Å². The summed E-state index contributed by atoms with van der Waals surface area (Å²) < 4.78 is 19.8. The Morgan fingerprint density at radius 2 is 1.81 bits per heavy atom. The zero-order chi connectivity index (χ0) is 22.9. The fourth-order valence-corrected chi connectivity index (χ4v) is 4.14. The summed E-state index contributed by atoms with van der Waals surface area (Å²) in [5.41, 5.74) is -0.859. The number of rotatable bonds is 7. The summed E-state index contributed by atoms with van der Waals surface area (Å²) in [7, 11) is 0. The van der Waals surface area contributed by atoms with E-state index in [0.29, 0.717) is 29.2 Å². The Morgan fingerprint density at radius 1 is 1.09 bits per heavy atom. The van der Waals surface area contributed by atoms with Crippen LogP contribution in [0.2, 0.25) is 5.02 Å². The van der Waals surface area contributed by atoms with Crippen LogP contribution in [0, 0.1) is 5.82 Å². The summed E-state index contributed by atoms with van der Waals surface area (Å²) in [5.74, 6) is -1.02. The van der Waals surface area contributed by atoms with Crippen LogP contribution >= 0.6 is 11.6 Å². The molecule has 7 heteroatoms. The number of carbonyl (C=O) groups is 2. The number of hydrogen-bond donors (Lipinski definition) is 1. The Balaban J connectivity index is 1.65. The van der Waals surface area contributed by atoms with Gasteiger partial charge in [-0.25, -0.2) is 4.39 Å². The van der Waals surface area contributed by atoms with E-state index in [1.54, 1.807) is 48.5 Å². The lowest BCUT2D eigenvalue weighted by Gasteiger charge is -2.23. The van der Waals surface area contributed by atoms with Crippen LogP contribution in [0.3, 0.4) is 0 Å². The summed E-state index contributed by atoms with van der Waals surface area (Å²) in [4.78, 5) is 27.6. The van der Waals surface area contributed by atoms with Crippen LogP contribution in [0.15, 0.2) is 66.7 Å². The van der Waals surface area contributed by atoms with Crippen molar-refractivity contribution in [2.45, 2.75) is 25.5 Å². The molecule has 164 valence electrons. The lowest BCUT2D eigenvalue weighted by atomic mass is 9.88. The van der Waals surface area contributed by atoms with Gasteiger partial charge in [0.25, 0.3) is 5.91 Å². The maximum Gasteiger partial charge on any atom is 0.264 e. The Bertz CT molecular complexity index is 1160. The van der Waals surface area contributed by atoms with E-state index in [1.165, 1.54) is 23.1 Å². The number of benzene rings is 3. The number of ketones is 1. The quantitative estimate of drug-likeness (QED) is 0.517. The Kier molecular flexibility index (Phi) is 6.00. The van der Waals surface area contributed by atoms with Gasteiger partial charge in [0.1, 0.15) is 11.6 Å². The molecule has 5 nitrogen and oxygen atoms in total. The van der Waals surface area contributed by atoms with Crippen LogP contribution in [-0.2, 0) is 16.9 Å². The highest BCUT2D eigenvalue weighted by Gasteiger charge is 2.51. The van der Waals surface area contributed by atoms with Crippen LogP contribution in [0.1, 0.15) is 34.8 Å². The molecule has 1 atom stereocenters. The molecule has 0 saturated carbocycles. The standard InChI is InChI=1S/C25H21ClFNO4/c1-2-32-17-12-10-16(11-13-17)23(29)14-25(31)19-6-3-4-9-22(19)28(24(25)30)15-18-20(26)7-5-8-21(18)27/h3-13,31H,2,14-15H2,1H3. The highest BCUT2D eigenvalue weighted by Crippen LogP contribution is 2.44. The van der Waals surface area contributed by atoms with Crippen LogP contribution in [-0.4, -0.2) is 23.4 Å². The molecule has 1 heterocycles. The van der Waals surface area contributed by atoms with E-state index in [1.807, 2.05) is 6.92 Å². The number of anilines is 1. The van der Waals surface area contributed by atoms with Crippen molar-refractivity contribution < 1.29 is 23.8 Å². The van der Waals surface area contributed by atoms with Crippen molar-refractivity contribution in [1.82, 2.24) is 0 Å². The number of fused-ring (bicyclic) bond motifs is 1. The molecule has 0 saturated heterocycles. The number of amides is 1.